The van der Waals surface area contributed by atoms with Crippen LogP contribution in [0.3, 0.4) is 0 Å². The molecular weight excluding hydrogens is 833 g/mol. The Hall–Kier alpha value is -6.20. The molecule has 0 saturated carbocycles. The Bertz CT molecular complexity index is 2620. The number of methoxy groups -OCH3 is 3. The molecule has 344 valence electrons. The molecule has 5 aromatic rings. The Balaban J connectivity index is 0.967. The average Bonchev–Trinajstić information content (AvgIpc) is 4.15. The van der Waals surface area contributed by atoms with Crippen molar-refractivity contribution in [3.8, 4) is 28.1 Å². The zero-order valence-corrected chi connectivity index (χ0v) is 37.8. The van der Waals surface area contributed by atoms with Crippen molar-refractivity contribution in [1.82, 2.24) is 40.4 Å². The lowest BCUT2D eigenvalue weighted by Gasteiger charge is -2.42. The molecule has 2 aromatic heterocycles. The number of H-pyrrole nitrogens is 2. The van der Waals surface area contributed by atoms with Gasteiger partial charge in [0.15, 0.2) is 0 Å². The van der Waals surface area contributed by atoms with Gasteiger partial charge in [0.1, 0.15) is 36.1 Å². The van der Waals surface area contributed by atoms with Crippen LogP contribution in [-0.4, -0.2) is 119 Å². The molecule has 3 fully saturated rings. The Kier molecular flexibility index (Phi) is 12.2. The van der Waals surface area contributed by atoms with E-state index < -0.39 is 29.7 Å². The lowest BCUT2D eigenvalue weighted by Crippen LogP contribution is -2.58. The van der Waals surface area contributed by atoms with Crippen molar-refractivity contribution in [2.45, 2.75) is 109 Å². The predicted molar refractivity (Wildman–Crippen MR) is 241 cm³/mol. The normalized spacial score (nSPS) is 22.2. The first-order valence-electron chi connectivity index (χ1n) is 22.6. The number of fused-ring (bicyclic) bond motifs is 6. The van der Waals surface area contributed by atoms with Crippen LogP contribution in [0.1, 0.15) is 95.0 Å². The summed E-state index contributed by atoms with van der Waals surface area (Å²) in [4.78, 5) is 73.8. The van der Waals surface area contributed by atoms with E-state index in [2.05, 4.69) is 57.0 Å². The summed E-state index contributed by atoms with van der Waals surface area (Å²) in [5.74, 6) is 1.80. The summed E-state index contributed by atoms with van der Waals surface area (Å²) >= 11 is 0. The molecule has 0 spiro atoms. The van der Waals surface area contributed by atoms with Crippen LogP contribution in [-0.2, 0) is 35.1 Å². The molecule has 0 aliphatic carbocycles. The molecule has 65 heavy (non-hydrogen) atoms. The maximum atomic E-state index is 14.5. The van der Waals surface area contributed by atoms with Crippen LogP contribution < -0.4 is 15.4 Å². The number of benzene rings is 3. The van der Waals surface area contributed by atoms with Crippen molar-refractivity contribution >= 4 is 45.8 Å². The topological polar surface area (TPSA) is 202 Å². The van der Waals surface area contributed by atoms with E-state index in [-0.39, 0.29) is 36.0 Å². The molecule has 6 heterocycles. The summed E-state index contributed by atoms with van der Waals surface area (Å²) in [6, 6.07) is 12.2. The van der Waals surface area contributed by atoms with E-state index in [9.17, 15) is 19.2 Å². The molecule has 0 radical (unpaired) electrons. The third-order valence-corrected chi connectivity index (χ3v) is 14.2. The van der Waals surface area contributed by atoms with Crippen molar-refractivity contribution in [2.24, 2.45) is 5.41 Å². The molecule has 4 N–H and O–H groups in total. The van der Waals surface area contributed by atoms with E-state index in [4.69, 9.17) is 33.7 Å². The van der Waals surface area contributed by atoms with E-state index in [1.807, 2.05) is 42.8 Å². The third-order valence-electron chi connectivity index (χ3n) is 14.2. The molecule has 4 aliphatic heterocycles. The average molecular weight is 891 g/mol. The highest BCUT2D eigenvalue weighted by Crippen LogP contribution is 2.45. The maximum Gasteiger partial charge on any atom is 0.407 e. The summed E-state index contributed by atoms with van der Waals surface area (Å²) in [5, 5.41) is 7.54. The van der Waals surface area contributed by atoms with Gasteiger partial charge in [0, 0.05) is 42.7 Å². The number of ether oxygens (including phenoxy) is 5. The fraction of sp³-hybridized carbons (Fsp3) is 0.500. The van der Waals surface area contributed by atoms with Gasteiger partial charge in [-0.15, -0.1) is 0 Å². The molecule has 4 amide bonds. The van der Waals surface area contributed by atoms with E-state index in [0.717, 1.165) is 74.8 Å². The number of aromatic amines is 2. The van der Waals surface area contributed by atoms with Crippen LogP contribution in [0.2, 0.25) is 0 Å². The Morgan fingerprint density at radius 2 is 1.63 bits per heavy atom. The molecular formula is C48H58N8O9. The molecule has 17 heteroatoms. The second kappa shape index (κ2) is 18.0. The van der Waals surface area contributed by atoms with E-state index in [1.165, 1.54) is 14.2 Å². The third kappa shape index (κ3) is 8.13. The van der Waals surface area contributed by atoms with Gasteiger partial charge in [-0.25, -0.2) is 19.6 Å². The second-order valence-corrected chi connectivity index (χ2v) is 18.1. The minimum atomic E-state index is -0.771. The number of amides is 4. The first-order valence-corrected chi connectivity index (χ1v) is 22.6. The zero-order chi connectivity index (χ0) is 45.6. The number of carbonyl (C=O) groups is 4. The monoisotopic (exact) mass is 890 g/mol. The van der Waals surface area contributed by atoms with Crippen molar-refractivity contribution in [1.29, 1.82) is 0 Å². The molecule has 3 aromatic carbocycles. The first-order chi connectivity index (χ1) is 31.4. The summed E-state index contributed by atoms with van der Waals surface area (Å²) < 4.78 is 27.4. The maximum absolute atomic E-state index is 14.5. The van der Waals surface area contributed by atoms with Crippen molar-refractivity contribution in [3.05, 3.63) is 65.9 Å². The highest BCUT2D eigenvalue weighted by Gasteiger charge is 2.48. The van der Waals surface area contributed by atoms with Crippen molar-refractivity contribution < 1.29 is 42.9 Å². The summed E-state index contributed by atoms with van der Waals surface area (Å²) in [7, 11) is 4.22. The van der Waals surface area contributed by atoms with Gasteiger partial charge >= 0.3 is 12.2 Å². The lowest BCUT2D eigenvalue weighted by molar-refractivity contribution is -0.141. The highest BCUT2D eigenvalue weighted by molar-refractivity contribution is 6.07. The SMILES string of the molecule is CCC(NC(=O)OC)C(=O)N1[C@@H](COC)CC[C@H]1c1nc2ccc3cc4c(cc3c2[nH]1)OCc1cc(-c2cnc([C@@H]3CC[C@H](C)N3C(=O)[C@@H](NC(=O)OC)C3(C)CCOCC3)[nH]2)ccc1-4. The van der Waals surface area contributed by atoms with Gasteiger partial charge in [-0.2, -0.15) is 0 Å². The molecule has 0 bridgehead atoms. The van der Waals surface area contributed by atoms with Gasteiger partial charge in [-0.1, -0.05) is 32.0 Å². The number of alkyl carbamates (subject to hydrolysis) is 2. The molecule has 3 saturated heterocycles. The van der Waals surface area contributed by atoms with Crippen LogP contribution in [0.15, 0.2) is 48.7 Å². The van der Waals surface area contributed by atoms with Crippen LogP contribution in [0, 0.1) is 5.41 Å². The first kappa shape index (κ1) is 44.0. The van der Waals surface area contributed by atoms with Gasteiger partial charge < -0.3 is 54.1 Å². The number of nitrogens with zero attached hydrogens (tertiary/aromatic N) is 4. The number of hydrogen-bond acceptors (Lipinski definition) is 11. The Labute approximate surface area is 377 Å². The molecule has 9 rings (SSSR count). The summed E-state index contributed by atoms with van der Waals surface area (Å²) in [6.07, 6.45) is 5.19. The minimum absolute atomic E-state index is 0.0473. The number of likely N-dealkylation sites (tertiary alicyclic amines) is 2. The smallest absolute Gasteiger partial charge is 0.407 e. The van der Waals surface area contributed by atoms with Crippen LogP contribution in [0.25, 0.3) is 44.2 Å². The Morgan fingerprint density at radius 1 is 0.877 bits per heavy atom. The fourth-order valence-corrected chi connectivity index (χ4v) is 10.5. The number of rotatable bonds is 11. The van der Waals surface area contributed by atoms with E-state index >= 15 is 0 Å². The molecule has 4 aliphatic rings. The van der Waals surface area contributed by atoms with Crippen LogP contribution >= 0.6 is 0 Å². The zero-order valence-electron chi connectivity index (χ0n) is 37.8. The van der Waals surface area contributed by atoms with Crippen molar-refractivity contribution in [2.75, 3.05) is 41.2 Å². The van der Waals surface area contributed by atoms with E-state index in [1.54, 1.807) is 7.11 Å². The van der Waals surface area contributed by atoms with Gasteiger partial charge in [0.2, 0.25) is 11.8 Å². The van der Waals surface area contributed by atoms with Crippen LogP contribution in [0.4, 0.5) is 9.59 Å². The number of imidazole rings is 2. The standard InChI is InChI=1S/C48H58N8O9/c1-7-34(52-46(59)62-5)44(57)56-30(25-61-4)11-15-38(56)43-50-35-13-10-27-21-33-31-12-9-28(20-29(31)24-65-39(33)22-32(27)40(35)53-43)36-23-49-42(51-36)37-14-8-26(2)55(37)45(58)41(54-47(60)63-6)48(3)16-18-64-19-17-48/h9-10,12-13,20-23,26,30,34,37-38,41H,7-8,11,14-19,24-25H2,1-6H3,(H,49,51)(H,50,53)(H,52,59)(H,54,60)/t26-,30+,34?,37-,38-,41+/m0/s1. The second-order valence-electron chi connectivity index (χ2n) is 18.1. The van der Waals surface area contributed by atoms with Crippen LogP contribution in [0.5, 0.6) is 5.75 Å². The Morgan fingerprint density at radius 3 is 2.38 bits per heavy atom. The van der Waals surface area contributed by atoms with Gasteiger partial charge in [-0.05, 0) is 98.2 Å². The lowest BCUT2D eigenvalue weighted by atomic mass is 9.75. The van der Waals surface area contributed by atoms with Gasteiger partial charge in [-0.3, -0.25) is 9.59 Å². The number of nitrogens with one attached hydrogen (secondary N) is 4. The predicted octanol–water partition coefficient (Wildman–Crippen LogP) is 7.07. The van der Waals surface area contributed by atoms with Gasteiger partial charge in [0.25, 0.3) is 0 Å². The molecule has 1 unspecified atom stereocenters. The van der Waals surface area contributed by atoms with E-state index in [0.29, 0.717) is 63.8 Å². The van der Waals surface area contributed by atoms with Crippen molar-refractivity contribution in [3.63, 3.8) is 0 Å². The number of aromatic nitrogens is 4. The molecule has 17 nitrogen and oxygen atoms in total. The summed E-state index contributed by atoms with van der Waals surface area (Å²) in [5.41, 5.74) is 6.01. The number of hydrogen-bond donors (Lipinski definition) is 4. The fourth-order valence-electron chi connectivity index (χ4n) is 10.5. The summed E-state index contributed by atoms with van der Waals surface area (Å²) in [6.45, 7) is 7.72. The highest BCUT2D eigenvalue weighted by atomic mass is 16.5. The minimum Gasteiger partial charge on any atom is -0.488 e. The number of carbonyl (C=O) groups excluding carboxylic acids is 4. The quantitative estimate of drug-likeness (QED) is 0.106. The van der Waals surface area contributed by atoms with Gasteiger partial charge in [0.05, 0.1) is 61.9 Å². The molecule has 6 atom stereocenters. The largest absolute Gasteiger partial charge is 0.488 e.